The largest absolute Gasteiger partial charge is 0.480 e. The molecule has 0 spiro atoms. The summed E-state index contributed by atoms with van der Waals surface area (Å²) >= 11 is 3.29. The highest BCUT2D eigenvalue weighted by atomic mass is 79.9. The van der Waals surface area contributed by atoms with Gasteiger partial charge in [0.25, 0.3) is 0 Å². The molecule has 0 unspecified atom stereocenters. The standard InChI is InChI=1S/C15H13BrFNO2/c1-20-15-13(8-11(16)9-18-15)14(19)7-4-10-2-5-12(17)6-3-10/h2-3,5-6,8-9H,4,7H2,1H3. The molecule has 0 atom stereocenters. The van der Waals surface area contributed by atoms with Gasteiger partial charge in [0.2, 0.25) is 5.88 Å². The van der Waals surface area contributed by atoms with E-state index in [2.05, 4.69) is 20.9 Å². The zero-order valence-electron chi connectivity index (χ0n) is 10.9. The molecule has 1 heterocycles. The van der Waals surface area contributed by atoms with E-state index >= 15 is 0 Å². The lowest BCUT2D eigenvalue weighted by Crippen LogP contribution is -2.05. The molecule has 2 rings (SSSR count). The lowest BCUT2D eigenvalue weighted by molar-refractivity contribution is 0.0979. The van der Waals surface area contributed by atoms with Gasteiger partial charge in [0.1, 0.15) is 5.82 Å². The van der Waals surface area contributed by atoms with E-state index < -0.39 is 0 Å². The average molecular weight is 338 g/mol. The smallest absolute Gasteiger partial charge is 0.224 e. The van der Waals surface area contributed by atoms with E-state index in [1.165, 1.54) is 19.2 Å². The van der Waals surface area contributed by atoms with Crippen LogP contribution in [0.1, 0.15) is 22.3 Å². The number of pyridine rings is 1. The Morgan fingerprint density at radius 2 is 2.05 bits per heavy atom. The Morgan fingerprint density at radius 3 is 2.70 bits per heavy atom. The number of carbonyl (C=O) groups is 1. The molecule has 0 saturated carbocycles. The summed E-state index contributed by atoms with van der Waals surface area (Å²) in [5.41, 5.74) is 1.37. The summed E-state index contributed by atoms with van der Waals surface area (Å²) in [5.74, 6) is -0.0183. The molecule has 0 amide bonds. The van der Waals surface area contributed by atoms with Crippen molar-refractivity contribution < 1.29 is 13.9 Å². The number of aromatic nitrogens is 1. The second-order valence-electron chi connectivity index (χ2n) is 4.26. The molecular weight excluding hydrogens is 325 g/mol. The minimum Gasteiger partial charge on any atom is -0.480 e. The minimum atomic E-state index is -0.280. The Labute approximate surface area is 124 Å². The van der Waals surface area contributed by atoms with E-state index in [-0.39, 0.29) is 11.6 Å². The van der Waals surface area contributed by atoms with Crippen molar-refractivity contribution in [3.63, 3.8) is 0 Å². The van der Waals surface area contributed by atoms with Gasteiger partial charge in [-0.15, -0.1) is 0 Å². The van der Waals surface area contributed by atoms with E-state index in [0.717, 1.165) is 10.0 Å². The number of rotatable bonds is 5. The molecule has 0 N–H and O–H groups in total. The minimum absolute atomic E-state index is 0.0556. The molecule has 3 nitrogen and oxygen atoms in total. The lowest BCUT2D eigenvalue weighted by Gasteiger charge is -2.07. The summed E-state index contributed by atoms with van der Waals surface area (Å²) in [6.45, 7) is 0. The van der Waals surface area contributed by atoms with Crippen molar-refractivity contribution in [3.05, 3.63) is 57.9 Å². The highest BCUT2D eigenvalue weighted by Crippen LogP contribution is 2.21. The molecule has 0 fully saturated rings. The van der Waals surface area contributed by atoms with Crippen LogP contribution in [0.5, 0.6) is 5.88 Å². The monoisotopic (exact) mass is 337 g/mol. The van der Waals surface area contributed by atoms with Gasteiger partial charge < -0.3 is 4.74 Å². The van der Waals surface area contributed by atoms with Gasteiger partial charge in [-0.1, -0.05) is 12.1 Å². The van der Waals surface area contributed by atoms with Crippen molar-refractivity contribution in [3.8, 4) is 5.88 Å². The Kier molecular flexibility index (Phi) is 4.84. The molecule has 1 aromatic carbocycles. The van der Waals surface area contributed by atoms with Crippen LogP contribution in [0.3, 0.4) is 0 Å². The van der Waals surface area contributed by atoms with Crippen LogP contribution >= 0.6 is 15.9 Å². The number of ketones is 1. The summed E-state index contributed by atoms with van der Waals surface area (Å²) in [6, 6.07) is 7.83. The maximum absolute atomic E-state index is 12.8. The van der Waals surface area contributed by atoms with Crippen molar-refractivity contribution in [2.24, 2.45) is 0 Å². The van der Waals surface area contributed by atoms with Crippen molar-refractivity contribution in [2.45, 2.75) is 12.8 Å². The third-order valence-corrected chi connectivity index (χ3v) is 3.30. The Balaban J connectivity index is 2.08. The predicted octanol–water partition coefficient (Wildman–Crippen LogP) is 3.81. The van der Waals surface area contributed by atoms with Gasteiger partial charge >= 0.3 is 0 Å². The first-order chi connectivity index (χ1) is 9.60. The number of halogens is 2. The van der Waals surface area contributed by atoms with Gasteiger partial charge in [-0.2, -0.15) is 0 Å². The third-order valence-electron chi connectivity index (χ3n) is 2.87. The molecule has 20 heavy (non-hydrogen) atoms. The highest BCUT2D eigenvalue weighted by Gasteiger charge is 2.14. The quantitative estimate of drug-likeness (QED) is 0.779. The Morgan fingerprint density at radius 1 is 1.35 bits per heavy atom. The Bertz CT molecular complexity index is 614. The maximum atomic E-state index is 12.8. The SMILES string of the molecule is COc1ncc(Br)cc1C(=O)CCc1ccc(F)cc1. The van der Waals surface area contributed by atoms with Crippen LogP contribution in [0.2, 0.25) is 0 Å². The Hall–Kier alpha value is -1.75. The van der Waals surface area contributed by atoms with Crippen LogP contribution in [0, 0.1) is 5.82 Å². The zero-order valence-corrected chi connectivity index (χ0v) is 12.5. The average Bonchev–Trinajstić information content (AvgIpc) is 2.46. The molecule has 0 bridgehead atoms. The second-order valence-corrected chi connectivity index (χ2v) is 5.18. The lowest BCUT2D eigenvalue weighted by atomic mass is 10.0. The number of aryl methyl sites for hydroxylation is 1. The number of carbonyl (C=O) groups excluding carboxylic acids is 1. The first-order valence-corrected chi connectivity index (χ1v) is 6.86. The summed E-state index contributed by atoms with van der Waals surface area (Å²) in [6.07, 6.45) is 2.45. The van der Waals surface area contributed by atoms with E-state index in [9.17, 15) is 9.18 Å². The van der Waals surface area contributed by atoms with Crippen molar-refractivity contribution in [2.75, 3.05) is 7.11 Å². The highest BCUT2D eigenvalue weighted by molar-refractivity contribution is 9.10. The van der Waals surface area contributed by atoms with Gasteiger partial charge in [0.05, 0.1) is 12.7 Å². The van der Waals surface area contributed by atoms with E-state index in [1.54, 1.807) is 24.4 Å². The molecule has 0 aliphatic heterocycles. The van der Waals surface area contributed by atoms with Crippen molar-refractivity contribution in [1.29, 1.82) is 0 Å². The first kappa shape index (κ1) is 14.7. The van der Waals surface area contributed by atoms with E-state index in [4.69, 9.17) is 4.74 Å². The summed E-state index contributed by atoms with van der Waals surface area (Å²) in [5, 5.41) is 0. The molecule has 0 saturated heterocycles. The fourth-order valence-electron chi connectivity index (χ4n) is 1.83. The second kappa shape index (κ2) is 6.61. The first-order valence-electron chi connectivity index (χ1n) is 6.07. The van der Waals surface area contributed by atoms with Gasteiger partial charge in [-0.05, 0) is 46.1 Å². The summed E-state index contributed by atoms with van der Waals surface area (Å²) in [7, 11) is 1.48. The maximum Gasteiger partial charge on any atom is 0.224 e. The van der Waals surface area contributed by atoms with Crippen molar-refractivity contribution >= 4 is 21.7 Å². The van der Waals surface area contributed by atoms with Crippen LogP contribution in [-0.2, 0) is 6.42 Å². The van der Waals surface area contributed by atoms with Gasteiger partial charge in [0.15, 0.2) is 5.78 Å². The third kappa shape index (κ3) is 3.63. The number of ether oxygens (including phenoxy) is 1. The normalized spacial score (nSPS) is 10.3. The fourth-order valence-corrected chi connectivity index (χ4v) is 2.16. The molecule has 0 radical (unpaired) electrons. The predicted molar refractivity (Wildman–Crippen MR) is 77.5 cm³/mol. The summed E-state index contributed by atoms with van der Waals surface area (Å²) in [4.78, 5) is 16.2. The number of hydrogen-bond acceptors (Lipinski definition) is 3. The van der Waals surface area contributed by atoms with E-state index in [0.29, 0.717) is 24.3 Å². The molecular formula is C15H13BrFNO2. The molecule has 1 aromatic heterocycles. The number of benzene rings is 1. The number of methoxy groups -OCH3 is 1. The number of hydrogen-bond donors (Lipinski definition) is 0. The molecule has 0 aliphatic carbocycles. The van der Waals surface area contributed by atoms with Gasteiger partial charge in [-0.3, -0.25) is 4.79 Å². The molecule has 104 valence electrons. The van der Waals surface area contributed by atoms with E-state index in [1.807, 2.05) is 0 Å². The van der Waals surface area contributed by atoms with Gasteiger partial charge in [0, 0.05) is 17.1 Å². The van der Waals surface area contributed by atoms with Crippen LogP contribution in [-0.4, -0.2) is 17.9 Å². The molecule has 2 aromatic rings. The van der Waals surface area contributed by atoms with Gasteiger partial charge in [-0.25, -0.2) is 9.37 Å². The molecule has 0 aliphatic rings. The summed E-state index contributed by atoms with van der Waals surface area (Å²) < 4.78 is 18.6. The van der Waals surface area contributed by atoms with Crippen LogP contribution < -0.4 is 4.74 Å². The van der Waals surface area contributed by atoms with Crippen molar-refractivity contribution in [1.82, 2.24) is 4.98 Å². The van der Waals surface area contributed by atoms with Crippen LogP contribution in [0.4, 0.5) is 4.39 Å². The topological polar surface area (TPSA) is 39.2 Å². The van der Waals surface area contributed by atoms with Crippen LogP contribution in [0.25, 0.3) is 0 Å². The number of Topliss-reactive ketones (excluding diaryl/α,β-unsaturated/α-hetero) is 1. The fraction of sp³-hybridized carbons (Fsp3) is 0.200. The zero-order chi connectivity index (χ0) is 14.5. The number of nitrogens with zero attached hydrogens (tertiary/aromatic N) is 1. The van der Waals surface area contributed by atoms with Crippen LogP contribution in [0.15, 0.2) is 41.0 Å². The molecule has 5 heteroatoms.